The van der Waals surface area contributed by atoms with Gasteiger partial charge in [-0.05, 0) is 43.3 Å². The maximum absolute atomic E-state index is 6.11. The molecule has 3 aromatic rings. The van der Waals surface area contributed by atoms with Gasteiger partial charge in [0.25, 0.3) is 0 Å². The molecule has 0 aliphatic rings. The monoisotopic (exact) mass is 322 g/mol. The fourth-order valence-corrected chi connectivity index (χ4v) is 2.19. The molecule has 0 unspecified atom stereocenters. The third-order valence-electron chi connectivity index (χ3n) is 3.34. The van der Waals surface area contributed by atoms with E-state index in [1.54, 1.807) is 4.68 Å². The quantitative estimate of drug-likeness (QED) is 0.696. The second-order valence-corrected chi connectivity index (χ2v) is 4.99. The van der Waals surface area contributed by atoms with Crippen LogP contribution in [0.5, 0.6) is 5.75 Å². The molecule has 0 fully saturated rings. The van der Waals surface area contributed by atoms with E-state index in [9.17, 15) is 0 Å². The number of aromatic nitrogens is 2. The van der Waals surface area contributed by atoms with Crippen LogP contribution in [0, 0.1) is 0 Å². The molecule has 7 nitrogen and oxygen atoms in total. The van der Waals surface area contributed by atoms with Crippen LogP contribution in [0.25, 0.3) is 5.69 Å². The predicted molar refractivity (Wildman–Crippen MR) is 94.2 cm³/mol. The Balaban J connectivity index is 1.86. The number of nitrogens with zero attached hydrogens (tertiary/aromatic N) is 4. The number of para-hydroxylation sites is 1. The van der Waals surface area contributed by atoms with Crippen LogP contribution in [0.4, 0.5) is 23.0 Å². The third-order valence-corrected chi connectivity index (χ3v) is 3.34. The molecule has 7 heteroatoms. The van der Waals surface area contributed by atoms with Crippen LogP contribution in [0.1, 0.15) is 6.92 Å². The largest absolute Gasteiger partial charge is 0.494 e. The van der Waals surface area contributed by atoms with Gasteiger partial charge in [0.05, 0.1) is 18.0 Å². The predicted octanol–water partition coefficient (Wildman–Crippen LogP) is 3.85. The molecule has 0 aliphatic heterocycles. The first-order valence-corrected chi connectivity index (χ1v) is 7.53. The van der Waals surface area contributed by atoms with Crippen molar-refractivity contribution < 1.29 is 4.74 Å². The normalized spacial score (nSPS) is 11.0. The van der Waals surface area contributed by atoms with Gasteiger partial charge in [0, 0.05) is 0 Å². The molecule has 3 rings (SSSR count). The van der Waals surface area contributed by atoms with E-state index >= 15 is 0 Å². The zero-order valence-corrected chi connectivity index (χ0v) is 13.3. The summed E-state index contributed by atoms with van der Waals surface area (Å²) in [5.41, 5.74) is 13.9. The van der Waals surface area contributed by atoms with Gasteiger partial charge in [0.2, 0.25) is 0 Å². The Labute approximate surface area is 139 Å². The van der Waals surface area contributed by atoms with Gasteiger partial charge in [-0.2, -0.15) is 5.11 Å². The van der Waals surface area contributed by atoms with Crippen molar-refractivity contribution in [3.63, 3.8) is 0 Å². The summed E-state index contributed by atoms with van der Waals surface area (Å²) >= 11 is 0. The van der Waals surface area contributed by atoms with Crippen LogP contribution in [0.15, 0.2) is 64.8 Å². The smallest absolute Gasteiger partial charge is 0.176 e. The van der Waals surface area contributed by atoms with Crippen molar-refractivity contribution in [2.45, 2.75) is 6.92 Å². The molecule has 1 heterocycles. The fourth-order valence-electron chi connectivity index (χ4n) is 2.19. The number of benzene rings is 2. The van der Waals surface area contributed by atoms with Gasteiger partial charge in [0.1, 0.15) is 5.75 Å². The first kappa shape index (κ1) is 15.5. The molecule has 0 radical (unpaired) electrons. The Morgan fingerprint density at radius 2 is 1.71 bits per heavy atom. The van der Waals surface area contributed by atoms with Crippen molar-refractivity contribution in [2.75, 3.05) is 18.1 Å². The SMILES string of the molecule is CCOc1ccc(N=Nc2c(N)nn(-c3ccccc3)c2N)cc1. The Morgan fingerprint density at radius 3 is 2.38 bits per heavy atom. The molecule has 0 amide bonds. The lowest BCUT2D eigenvalue weighted by Crippen LogP contribution is -2.01. The van der Waals surface area contributed by atoms with Gasteiger partial charge < -0.3 is 16.2 Å². The minimum atomic E-state index is 0.228. The van der Waals surface area contributed by atoms with Gasteiger partial charge in [0.15, 0.2) is 17.3 Å². The van der Waals surface area contributed by atoms with Crippen molar-refractivity contribution >= 4 is 23.0 Å². The maximum Gasteiger partial charge on any atom is 0.176 e. The highest BCUT2D eigenvalue weighted by Crippen LogP contribution is 2.32. The molecule has 1 aromatic heterocycles. The Bertz CT molecular complexity index is 840. The molecular weight excluding hydrogens is 304 g/mol. The number of hydrogen-bond donors (Lipinski definition) is 2. The Hall–Kier alpha value is -3.35. The highest BCUT2D eigenvalue weighted by Gasteiger charge is 2.14. The van der Waals surface area contributed by atoms with Gasteiger partial charge in [-0.15, -0.1) is 10.2 Å². The lowest BCUT2D eigenvalue weighted by molar-refractivity contribution is 0.340. The standard InChI is InChI=1S/C17H18N6O/c1-2-24-14-10-8-12(9-11-14)20-21-15-16(18)22-23(17(15)19)13-6-4-3-5-7-13/h3-11H,2,19H2,1H3,(H2,18,22). The van der Waals surface area contributed by atoms with E-state index in [1.807, 2.05) is 61.5 Å². The fraction of sp³-hybridized carbons (Fsp3) is 0.118. The van der Waals surface area contributed by atoms with Crippen molar-refractivity contribution in [3.8, 4) is 11.4 Å². The number of nitrogens with two attached hydrogens (primary N) is 2. The minimum absolute atomic E-state index is 0.228. The Kier molecular flexibility index (Phi) is 4.42. The van der Waals surface area contributed by atoms with E-state index < -0.39 is 0 Å². The number of hydrogen-bond acceptors (Lipinski definition) is 6. The van der Waals surface area contributed by atoms with Gasteiger partial charge in [-0.3, -0.25) is 0 Å². The lowest BCUT2D eigenvalue weighted by Gasteiger charge is -2.02. The summed E-state index contributed by atoms with van der Waals surface area (Å²) in [6, 6.07) is 16.8. The number of nitrogen functional groups attached to an aromatic ring is 2. The highest BCUT2D eigenvalue weighted by molar-refractivity contribution is 5.73. The van der Waals surface area contributed by atoms with Crippen LogP contribution in [0.3, 0.4) is 0 Å². The summed E-state index contributed by atoms with van der Waals surface area (Å²) in [5.74, 6) is 1.35. The van der Waals surface area contributed by atoms with Crippen molar-refractivity contribution in [1.82, 2.24) is 9.78 Å². The third kappa shape index (κ3) is 3.19. The molecule has 24 heavy (non-hydrogen) atoms. The van der Waals surface area contributed by atoms with E-state index in [0.29, 0.717) is 23.8 Å². The summed E-state index contributed by atoms with van der Waals surface area (Å²) in [5, 5.41) is 12.5. The summed E-state index contributed by atoms with van der Waals surface area (Å²) < 4.78 is 6.93. The molecule has 0 aliphatic carbocycles. The second kappa shape index (κ2) is 6.82. The Morgan fingerprint density at radius 1 is 1.00 bits per heavy atom. The van der Waals surface area contributed by atoms with Crippen LogP contribution < -0.4 is 16.2 Å². The average Bonchev–Trinajstić information content (AvgIpc) is 2.90. The lowest BCUT2D eigenvalue weighted by atomic mass is 10.3. The van der Waals surface area contributed by atoms with Gasteiger partial charge >= 0.3 is 0 Å². The summed E-state index contributed by atoms with van der Waals surface area (Å²) in [6.07, 6.45) is 0. The number of anilines is 2. The molecule has 2 aromatic carbocycles. The van der Waals surface area contributed by atoms with Crippen molar-refractivity contribution in [2.24, 2.45) is 10.2 Å². The zero-order valence-electron chi connectivity index (χ0n) is 13.3. The van der Waals surface area contributed by atoms with Crippen LogP contribution in [-0.4, -0.2) is 16.4 Å². The van der Waals surface area contributed by atoms with Crippen LogP contribution in [-0.2, 0) is 0 Å². The summed E-state index contributed by atoms with van der Waals surface area (Å²) in [6.45, 7) is 2.55. The van der Waals surface area contributed by atoms with Crippen LogP contribution in [0.2, 0.25) is 0 Å². The number of azo groups is 1. The first-order valence-electron chi connectivity index (χ1n) is 7.53. The summed E-state index contributed by atoms with van der Waals surface area (Å²) in [7, 11) is 0. The summed E-state index contributed by atoms with van der Waals surface area (Å²) in [4.78, 5) is 0. The van der Waals surface area contributed by atoms with Gasteiger partial charge in [-0.1, -0.05) is 18.2 Å². The van der Waals surface area contributed by atoms with Crippen molar-refractivity contribution in [1.29, 1.82) is 0 Å². The molecule has 4 N–H and O–H groups in total. The number of ether oxygens (including phenoxy) is 1. The van der Waals surface area contributed by atoms with E-state index in [1.165, 1.54) is 0 Å². The topological polar surface area (TPSA) is 104 Å². The molecular formula is C17H18N6O. The molecule has 0 saturated heterocycles. The second-order valence-electron chi connectivity index (χ2n) is 4.99. The number of rotatable bonds is 5. The van der Waals surface area contributed by atoms with Crippen molar-refractivity contribution in [3.05, 3.63) is 54.6 Å². The van der Waals surface area contributed by atoms with E-state index in [0.717, 1.165) is 11.4 Å². The minimum Gasteiger partial charge on any atom is -0.494 e. The molecule has 0 atom stereocenters. The van der Waals surface area contributed by atoms with E-state index in [-0.39, 0.29) is 5.82 Å². The van der Waals surface area contributed by atoms with E-state index in [2.05, 4.69) is 15.3 Å². The van der Waals surface area contributed by atoms with Gasteiger partial charge in [-0.25, -0.2) is 4.68 Å². The molecule has 122 valence electrons. The van der Waals surface area contributed by atoms with Crippen LogP contribution >= 0.6 is 0 Å². The zero-order chi connectivity index (χ0) is 16.9. The molecule has 0 bridgehead atoms. The highest BCUT2D eigenvalue weighted by atomic mass is 16.5. The molecule has 0 spiro atoms. The molecule has 0 saturated carbocycles. The maximum atomic E-state index is 6.11. The average molecular weight is 322 g/mol. The first-order chi connectivity index (χ1) is 11.7. The van der Waals surface area contributed by atoms with E-state index in [4.69, 9.17) is 16.2 Å².